The summed E-state index contributed by atoms with van der Waals surface area (Å²) in [6.07, 6.45) is 3.37. The van der Waals surface area contributed by atoms with Gasteiger partial charge in [0.25, 0.3) is 11.7 Å². The lowest BCUT2D eigenvalue weighted by Crippen LogP contribution is -2.43. The first-order valence-electron chi connectivity index (χ1n) is 6.33. The zero-order valence-corrected chi connectivity index (χ0v) is 11.0. The van der Waals surface area contributed by atoms with Crippen LogP contribution in [0.25, 0.3) is 5.78 Å². The summed E-state index contributed by atoms with van der Waals surface area (Å²) in [6, 6.07) is 0. The summed E-state index contributed by atoms with van der Waals surface area (Å²) in [4.78, 5) is 20.2. The summed E-state index contributed by atoms with van der Waals surface area (Å²) in [6.45, 7) is 2.68. The van der Waals surface area contributed by atoms with E-state index in [2.05, 4.69) is 20.4 Å². The minimum atomic E-state index is -0.978. The van der Waals surface area contributed by atoms with Crippen molar-refractivity contribution in [1.29, 1.82) is 0 Å². The summed E-state index contributed by atoms with van der Waals surface area (Å²) in [5, 5.41) is 16.8. The van der Waals surface area contributed by atoms with Crippen LogP contribution in [-0.2, 0) is 4.74 Å². The highest BCUT2D eigenvalue weighted by molar-refractivity contribution is 5.95. The van der Waals surface area contributed by atoms with Gasteiger partial charge in [0.05, 0.1) is 17.9 Å². The highest BCUT2D eigenvalue weighted by Crippen LogP contribution is 2.17. The Balaban J connectivity index is 1.76. The van der Waals surface area contributed by atoms with Gasteiger partial charge in [0.2, 0.25) is 0 Å². The first kappa shape index (κ1) is 12.9. The molecule has 0 radical (unpaired) electrons. The molecule has 1 atom stereocenters. The van der Waals surface area contributed by atoms with Gasteiger partial charge in [-0.25, -0.2) is 9.50 Å². The van der Waals surface area contributed by atoms with Gasteiger partial charge in [-0.2, -0.15) is 10.1 Å². The van der Waals surface area contributed by atoms with E-state index in [9.17, 15) is 9.90 Å². The molecule has 1 unspecified atom stereocenters. The smallest absolute Gasteiger partial charge is 0.254 e. The zero-order valence-electron chi connectivity index (χ0n) is 11.0. The maximum Gasteiger partial charge on any atom is 0.254 e. The number of carbonyl (C=O) groups excluding carboxylic acids is 1. The molecule has 0 spiro atoms. The monoisotopic (exact) mass is 277 g/mol. The average molecular weight is 277 g/mol. The molecule has 20 heavy (non-hydrogen) atoms. The lowest BCUT2D eigenvalue weighted by molar-refractivity contribution is 0.0264. The number of aryl methyl sites for hydroxylation is 1. The van der Waals surface area contributed by atoms with Crippen LogP contribution in [0.15, 0.2) is 12.5 Å². The highest BCUT2D eigenvalue weighted by Gasteiger charge is 2.32. The molecule has 0 aromatic carbocycles. The number of aromatic nitrogens is 4. The third kappa shape index (κ3) is 2.23. The number of nitrogens with zero attached hydrogens (tertiary/aromatic N) is 4. The van der Waals surface area contributed by atoms with Gasteiger partial charge < -0.3 is 15.2 Å². The van der Waals surface area contributed by atoms with Gasteiger partial charge in [0.15, 0.2) is 0 Å². The molecule has 3 heterocycles. The molecule has 1 fully saturated rings. The molecule has 0 bridgehead atoms. The fourth-order valence-corrected chi connectivity index (χ4v) is 2.19. The lowest BCUT2D eigenvalue weighted by atomic mass is 10.0. The van der Waals surface area contributed by atoms with Crippen LogP contribution in [0.4, 0.5) is 0 Å². The molecule has 0 aliphatic carbocycles. The standard InChI is InChI=1S/C12H15N5O3/c1-8-9(4-13-11-15-7-16-17(8)11)10(18)14-5-12(19)2-3-20-6-12/h4,7,19H,2-3,5-6H2,1H3,(H,14,18). The number of rotatable bonds is 3. The Morgan fingerprint density at radius 1 is 1.60 bits per heavy atom. The zero-order chi connectivity index (χ0) is 14.2. The van der Waals surface area contributed by atoms with E-state index in [0.717, 1.165) is 0 Å². The largest absolute Gasteiger partial charge is 0.386 e. The molecule has 106 valence electrons. The molecule has 2 N–H and O–H groups in total. The fourth-order valence-electron chi connectivity index (χ4n) is 2.19. The number of carbonyl (C=O) groups is 1. The number of amides is 1. The molecule has 8 nitrogen and oxygen atoms in total. The van der Waals surface area contributed by atoms with Crippen LogP contribution in [-0.4, -0.2) is 56.0 Å². The van der Waals surface area contributed by atoms with Crippen molar-refractivity contribution in [2.24, 2.45) is 0 Å². The van der Waals surface area contributed by atoms with E-state index in [1.807, 2.05) is 0 Å². The number of ether oxygens (including phenoxy) is 1. The second-order valence-electron chi connectivity index (χ2n) is 4.94. The second kappa shape index (κ2) is 4.80. The first-order valence-corrected chi connectivity index (χ1v) is 6.33. The van der Waals surface area contributed by atoms with Gasteiger partial charge in [-0.1, -0.05) is 0 Å². The molecule has 1 aliphatic heterocycles. The Kier molecular flexibility index (Phi) is 3.11. The number of nitrogens with one attached hydrogen (secondary N) is 1. The fraction of sp³-hybridized carbons (Fsp3) is 0.500. The van der Waals surface area contributed by atoms with Crippen LogP contribution >= 0.6 is 0 Å². The van der Waals surface area contributed by atoms with Crippen molar-refractivity contribution in [2.45, 2.75) is 18.9 Å². The Labute approximate surface area is 114 Å². The van der Waals surface area contributed by atoms with Gasteiger partial charge >= 0.3 is 0 Å². The average Bonchev–Trinajstić information content (AvgIpc) is 3.06. The molecule has 2 aromatic heterocycles. The number of aliphatic hydroxyl groups is 1. The quantitative estimate of drug-likeness (QED) is 0.770. The number of hydrogen-bond acceptors (Lipinski definition) is 6. The molecular formula is C12H15N5O3. The van der Waals surface area contributed by atoms with Crippen LogP contribution < -0.4 is 5.32 Å². The van der Waals surface area contributed by atoms with Gasteiger partial charge in [-0.3, -0.25) is 4.79 Å². The maximum atomic E-state index is 12.2. The third-order valence-electron chi connectivity index (χ3n) is 3.45. The van der Waals surface area contributed by atoms with Gasteiger partial charge in [0.1, 0.15) is 11.9 Å². The third-order valence-corrected chi connectivity index (χ3v) is 3.45. The van der Waals surface area contributed by atoms with Crippen molar-refractivity contribution < 1.29 is 14.6 Å². The van der Waals surface area contributed by atoms with E-state index in [0.29, 0.717) is 30.1 Å². The Hall–Kier alpha value is -2.06. The van der Waals surface area contributed by atoms with Crippen molar-refractivity contribution in [3.05, 3.63) is 23.8 Å². The predicted octanol–water partition coefficient (Wildman–Crippen LogP) is -0.686. The minimum Gasteiger partial charge on any atom is -0.386 e. The van der Waals surface area contributed by atoms with Gasteiger partial charge in [-0.15, -0.1) is 0 Å². The van der Waals surface area contributed by atoms with Crippen molar-refractivity contribution in [3.63, 3.8) is 0 Å². The molecular weight excluding hydrogens is 262 g/mol. The van der Waals surface area contributed by atoms with E-state index in [4.69, 9.17) is 4.74 Å². The lowest BCUT2D eigenvalue weighted by Gasteiger charge is -2.20. The van der Waals surface area contributed by atoms with E-state index >= 15 is 0 Å². The van der Waals surface area contributed by atoms with E-state index < -0.39 is 5.60 Å². The Bertz CT molecular complexity index is 648. The molecule has 3 rings (SSSR count). The normalized spacial score (nSPS) is 22.3. The molecule has 2 aromatic rings. The predicted molar refractivity (Wildman–Crippen MR) is 68.2 cm³/mol. The molecule has 1 saturated heterocycles. The van der Waals surface area contributed by atoms with Crippen molar-refractivity contribution >= 4 is 11.7 Å². The van der Waals surface area contributed by atoms with Crippen molar-refractivity contribution in [3.8, 4) is 0 Å². The summed E-state index contributed by atoms with van der Waals surface area (Å²) in [5.41, 5.74) is 0.0825. The van der Waals surface area contributed by atoms with E-state index in [-0.39, 0.29) is 19.1 Å². The SMILES string of the molecule is Cc1c(C(=O)NCC2(O)CCOC2)cnc2ncnn12. The van der Waals surface area contributed by atoms with Crippen molar-refractivity contribution in [1.82, 2.24) is 24.9 Å². The van der Waals surface area contributed by atoms with Crippen molar-refractivity contribution in [2.75, 3.05) is 19.8 Å². The molecule has 0 saturated carbocycles. The van der Waals surface area contributed by atoms with E-state index in [1.165, 1.54) is 17.0 Å². The van der Waals surface area contributed by atoms with Gasteiger partial charge in [-0.05, 0) is 6.92 Å². The summed E-state index contributed by atoms with van der Waals surface area (Å²) < 4.78 is 6.64. The summed E-state index contributed by atoms with van der Waals surface area (Å²) >= 11 is 0. The first-order chi connectivity index (χ1) is 9.59. The minimum absolute atomic E-state index is 0.153. The summed E-state index contributed by atoms with van der Waals surface area (Å²) in [7, 11) is 0. The summed E-state index contributed by atoms with van der Waals surface area (Å²) in [5.74, 6) is 0.148. The highest BCUT2D eigenvalue weighted by atomic mass is 16.5. The molecule has 8 heteroatoms. The Morgan fingerprint density at radius 2 is 2.45 bits per heavy atom. The van der Waals surface area contributed by atoms with E-state index in [1.54, 1.807) is 6.92 Å². The van der Waals surface area contributed by atoms with Gasteiger partial charge in [0, 0.05) is 25.8 Å². The van der Waals surface area contributed by atoms with Crippen LogP contribution in [0.3, 0.4) is 0 Å². The molecule has 1 amide bonds. The Morgan fingerprint density at radius 3 is 3.20 bits per heavy atom. The van der Waals surface area contributed by atoms with Crippen LogP contribution in [0, 0.1) is 6.92 Å². The second-order valence-corrected chi connectivity index (χ2v) is 4.94. The van der Waals surface area contributed by atoms with Crippen LogP contribution in [0.2, 0.25) is 0 Å². The number of hydrogen-bond donors (Lipinski definition) is 2. The topological polar surface area (TPSA) is 102 Å². The molecule has 1 aliphatic rings. The van der Waals surface area contributed by atoms with Crippen LogP contribution in [0.5, 0.6) is 0 Å². The number of fused-ring (bicyclic) bond motifs is 1. The van der Waals surface area contributed by atoms with Crippen LogP contribution in [0.1, 0.15) is 22.5 Å². The maximum absolute atomic E-state index is 12.2.